The molecule has 1 aromatic rings. The molecule has 14 heavy (non-hydrogen) atoms. The predicted octanol–water partition coefficient (Wildman–Crippen LogP) is 2.45. The first-order chi connectivity index (χ1) is 6.24. The summed E-state index contributed by atoms with van der Waals surface area (Å²) in [6.45, 7) is 1.84. The van der Waals surface area contributed by atoms with Crippen molar-refractivity contribution in [1.29, 1.82) is 0 Å². The first-order valence-corrected chi connectivity index (χ1v) is 4.41. The van der Waals surface area contributed by atoms with E-state index in [2.05, 4.69) is 0 Å². The molecule has 0 spiro atoms. The van der Waals surface area contributed by atoms with Gasteiger partial charge >= 0.3 is 0 Å². The molecule has 0 radical (unpaired) electrons. The van der Waals surface area contributed by atoms with E-state index in [0.717, 1.165) is 5.56 Å². The van der Waals surface area contributed by atoms with Crippen molar-refractivity contribution in [2.75, 3.05) is 0 Å². The van der Waals surface area contributed by atoms with Crippen LogP contribution in [-0.2, 0) is 6.42 Å². The fourth-order valence-electron chi connectivity index (χ4n) is 1.25. The summed E-state index contributed by atoms with van der Waals surface area (Å²) in [5.74, 6) is 0. The molecule has 0 fully saturated rings. The first-order valence-electron chi connectivity index (χ1n) is 4.41. The van der Waals surface area contributed by atoms with Gasteiger partial charge in [-0.3, -0.25) is 10.1 Å². The smallest absolute Gasteiger partial charge is 0.216 e. The Morgan fingerprint density at radius 3 is 2.36 bits per heavy atom. The number of nitrogens with zero attached hydrogens (tertiary/aromatic N) is 1. The molecule has 0 heterocycles. The summed E-state index contributed by atoms with van der Waals surface area (Å²) < 4.78 is 0. The van der Waals surface area contributed by atoms with Crippen molar-refractivity contribution in [2.24, 2.45) is 0 Å². The lowest BCUT2D eigenvalue weighted by molar-refractivity contribution is -0.522. The van der Waals surface area contributed by atoms with Gasteiger partial charge in [-0.25, -0.2) is 0 Å². The molecule has 1 rings (SSSR count). The lowest BCUT2D eigenvalue weighted by Gasteiger charge is -2.05. The summed E-state index contributed by atoms with van der Waals surface area (Å²) in [5.41, 5.74) is 1.03. The highest BCUT2D eigenvalue weighted by Crippen LogP contribution is 2.07. The Morgan fingerprint density at radius 2 is 1.93 bits per heavy atom. The molecule has 1 unspecified atom stereocenters. The van der Waals surface area contributed by atoms with Gasteiger partial charge in [-0.15, -0.1) is 0 Å². The molecule has 78 valence electrons. The van der Waals surface area contributed by atoms with E-state index in [-0.39, 0.29) is 11.1 Å². The summed E-state index contributed by atoms with van der Waals surface area (Å²) in [7, 11) is 0. The Kier molecular flexibility index (Phi) is 5.48. The number of benzene rings is 1. The van der Waals surface area contributed by atoms with Crippen LogP contribution in [0.1, 0.15) is 18.9 Å². The van der Waals surface area contributed by atoms with Gasteiger partial charge in [0.2, 0.25) is 6.04 Å². The van der Waals surface area contributed by atoms with Gasteiger partial charge in [0.15, 0.2) is 0 Å². The summed E-state index contributed by atoms with van der Waals surface area (Å²) in [6, 6.07) is 9.13. The molecule has 0 aliphatic rings. The highest BCUT2D eigenvalue weighted by atomic mass is 16.6. The molecule has 0 aliphatic carbocycles. The molecular formula is C10H16N2O2. The van der Waals surface area contributed by atoms with E-state index in [4.69, 9.17) is 0 Å². The van der Waals surface area contributed by atoms with E-state index in [1.165, 1.54) is 0 Å². The summed E-state index contributed by atoms with van der Waals surface area (Å²) in [5, 5.41) is 10.5. The third-order valence-electron chi connectivity index (χ3n) is 2.08. The molecule has 0 saturated heterocycles. The number of rotatable bonds is 4. The van der Waals surface area contributed by atoms with Crippen LogP contribution < -0.4 is 6.15 Å². The van der Waals surface area contributed by atoms with Crippen molar-refractivity contribution >= 4 is 0 Å². The first kappa shape index (κ1) is 12.6. The van der Waals surface area contributed by atoms with Crippen molar-refractivity contribution in [1.82, 2.24) is 6.15 Å². The molecule has 0 amide bonds. The molecule has 0 saturated carbocycles. The summed E-state index contributed by atoms with van der Waals surface area (Å²) in [6.07, 6.45) is 1.12. The second-order valence-corrected chi connectivity index (χ2v) is 3.04. The van der Waals surface area contributed by atoms with Crippen LogP contribution in [0.2, 0.25) is 0 Å². The Labute approximate surface area is 83.7 Å². The van der Waals surface area contributed by atoms with Crippen LogP contribution >= 0.6 is 0 Å². The van der Waals surface area contributed by atoms with Crippen LogP contribution in [-0.4, -0.2) is 11.0 Å². The van der Waals surface area contributed by atoms with E-state index >= 15 is 0 Å². The van der Waals surface area contributed by atoms with Gasteiger partial charge in [-0.1, -0.05) is 37.3 Å². The molecule has 4 nitrogen and oxygen atoms in total. The highest BCUT2D eigenvalue weighted by molar-refractivity contribution is 5.15. The molecule has 1 atom stereocenters. The zero-order valence-corrected chi connectivity index (χ0v) is 8.35. The van der Waals surface area contributed by atoms with Crippen molar-refractivity contribution in [2.45, 2.75) is 25.8 Å². The molecule has 4 heteroatoms. The van der Waals surface area contributed by atoms with Crippen LogP contribution in [0, 0.1) is 10.1 Å². The van der Waals surface area contributed by atoms with E-state index < -0.39 is 6.04 Å². The van der Waals surface area contributed by atoms with Crippen molar-refractivity contribution in [3.8, 4) is 0 Å². The summed E-state index contributed by atoms with van der Waals surface area (Å²) >= 11 is 0. The largest absolute Gasteiger partial charge is 0.344 e. The maximum atomic E-state index is 10.5. The standard InChI is InChI=1S/C10H13NO2.H3N/c1-2-10(11(12)13)8-9-6-4-3-5-7-9;/h3-7,10H,2,8H2,1H3;1H3. The minimum Gasteiger partial charge on any atom is -0.344 e. The quantitative estimate of drug-likeness (QED) is 0.593. The number of hydrogen-bond acceptors (Lipinski definition) is 3. The van der Waals surface area contributed by atoms with Gasteiger partial charge in [0.25, 0.3) is 0 Å². The fourth-order valence-corrected chi connectivity index (χ4v) is 1.25. The molecule has 1 aromatic carbocycles. The Bertz CT molecular complexity index is 275. The second kappa shape index (κ2) is 6.10. The second-order valence-electron chi connectivity index (χ2n) is 3.04. The minimum absolute atomic E-state index is 0. The summed E-state index contributed by atoms with van der Waals surface area (Å²) in [4.78, 5) is 10.3. The predicted molar refractivity (Wildman–Crippen MR) is 56.2 cm³/mol. The average molecular weight is 196 g/mol. The van der Waals surface area contributed by atoms with Crippen LogP contribution in [0.15, 0.2) is 30.3 Å². The third kappa shape index (κ3) is 3.53. The van der Waals surface area contributed by atoms with Crippen molar-refractivity contribution < 1.29 is 4.92 Å². The minimum atomic E-state index is -0.442. The maximum absolute atomic E-state index is 10.5. The van der Waals surface area contributed by atoms with E-state index in [9.17, 15) is 10.1 Å². The fraction of sp³-hybridized carbons (Fsp3) is 0.400. The van der Waals surface area contributed by atoms with Crippen molar-refractivity contribution in [3.63, 3.8) is 0 Å². The van der Waals surface area contributed by atoms with Crippen molar-refractivity contribution in [3.05, 3.63) is 46.0 Å². The Hall–Kier alpha value is -1.42. The number of nitro groups is 1. The average Bonchev–Trinajstić information content (AvgIpc) is 2.15. The normalized spacial score (nSPS) is 11.5. The van der Waals surface area contributed by atoms with Gasteiger partial charge in [-0.05, 0) is 5.56 Å². The van der Waals surface area contributed by atoms with Gasteiger partial charge in [0, 0.05) is 17.8 Å². The van der Waals surface area contributed by atoms with Crippen LogP contribution in [0.25, 0.3) is 0 Å². The van der Waals surface area contributed by atoms with Gasteiger partial charge < -0.3 is 6.15 Å². The Balaban J connectivity index is 0.00000169. The third-order valence-corrected chi connectivity index (χ3v) is 2.08. The molecular weight excluding hydrogens is 180 g/mol. The lowest BCUT2D eigenvalue weighted by atomic mass is 10.1. The van der Waals surface area contributed by atoms with E-state index in [1.54, 1.807) is 0 Å². The monoisotopic (exact) mass is 196 g/mol. The number of hydrogen-bond donors (Lipinski definition) is 1. The van der Waals surface area contributed by atoms with E-state index in [0.29, 0.717) is 12.8 Å². The van der Waals surface area contributed by atoms with Crippen LogP contribution in [0.3, 0.4) is 0 Å². The molecule has 0 aliphatic heterocycles. The molecule has 0 aromatic heterocycles. The van der Waals surface area contributed by atoms with E-state index in [1.807, 2.05) is 37.3 Å². The van der Waals surface area contributed by atoms with Gasteiger partial charge in [-0.2, -0.15) is 0 Å². The maximum Gasteiger partial charge on any atom is 0.216 e. The zero-order chi connectivity index (χ0) is 9.68. The molecule has 3 N–H and O–H groups in total. The zero-order valence-electron chi connectivity index (χ0n) is 8.35. The lowest BCUT2D eigenvalue weighted by Crippen LogP contribution is -2.20. The molecule has 0 bridgehead atoms. The van der Waals surface area contributed by atoms with Crippen LogP contribution in [0.5, 0.6) is 0 Å². The topological polar surface area (TPSA) is 78.1 Å². The van der Waals surface area contributed by atoms with Crippen LogP contribution in [0.4, 0.5) is 0 Å². The van der Waals surface area contributed by atoms with Gasteiger partial charge in [0.1, 0.15) is 0 Å². The Morgan fingerprint density at radius 1 is 1.36 bits per heavy atom. The van der Waals surface area contributed by atoms with Gasteiger partial charge in [0.05, 0.1) is 0 Å². The highest BCUT2D eigenvalue weighted by Gasteiger charge is 2.17. The SMILES string of the molecule is CCC(Cc1ccccc1)[N+](=O)[O-].N.